The van der Waals surface area contributed by atoms with E-state index in [0.717, 1.165) is 0 Å². The van der Waals surface area contributed by atoms with Gasteiger partial charge in [0.15, 0.2) is 0 Å². The van der Waals surface area contributed by atoms with Crippen LogP contribution in [0.1, 0.15) is 0 Å². The second-order valence-corrected chi connectivity index (χ2v) is 3.09. The predicted molar refractivity (Wildman–Crippen MR) is 48.0 cm³/mol. The first-order valence-electron chi connectivity index (χ1n) is 3.20. The van der Waals surface area contributed by atoms with Crippen molar-refractivity contribution in [2.24, 2.45) is 16.5 Å². The fourth-order valence-electron chi connectivity index (χ4n) is 0.513. The number of rotatable bonds is 2. The molecule has 0 atom stereocenters. The number of hydrogen-bond acceptors (Lipinski definition) is 4. The van der Waals surface area contributed by atoms with Gasteiger partial charge in [-0.25, -0.2) is 0 Å². The third kappa shape index (κ3) is 4.04. The number of aliphatic imine (C=N–C) groups is 1. The highest BCUT2D eigenvalue weighted by Crippen LogP contribution is 2.36. The average Bonchev–Trinajstić information content (AvgIpc) is 2.10. The fourth-order valence-corrected chi connectivity index (χ4v) is 1.10. The van der Waals surface area contributed by atoms with Crippen LogP contribution in [-0.2, 0) is 0 Å². The maximum Gasteiger partial charge on any atom is 0.446 e. The van der Waals surface area contributed by atoms with Gasteiger partial charge in [0.2, 0.25) is 0 Å². The number of allylic oxidation sites excluding steroid dienone is 1. The van der Waals surface area contributed by atoms with Crippen LogP contribution in [-0.4, -0.2) is 18.4 Å². The van der Waals surface area contributed by atoms with Gasteiger partial charge in [-0.2, -0.15) is 18.4 Å². The molecule has 0 saturated carbocycles. The van der Waals surface area contributed by atoms with Crippen molar-refractivity contribution in [3.8, 4) is 6.07 Å². The average molecular weight is 224 g/mol. The lowest BCUT2D eigenvalue weighted by atomic mass is 10.4. The van der Waals surface area contributed by atoms with Crippen LogP contribution in [0.5, 0.6) is 0 Å². The zero-order valence-corrected chi connectivity index (χ0v) is 7.91. The first-order valence-corrected chi connectivity index (χ1v) is 4.01. The lowest BCUT2D eigenvalue weighted by Crippen LogP contribution is -2.19. The Morgan fingerprint density at radius 2 is 1.93 bits per heavy atom. The van der Waals surface area contributed by atoms with Crippen molar-refractivity contribution >= 4 is 17.6 Å². The number of nitriles is 1. The second kappa shape index (κ2) is 4.76. The minimum absolute atomic E-state index is 0.411. The molecule has 0 rings (SSSR count). The molecule has 0 bridgehead atoms. The van der Waals surface area contributed by atoms with Crippen molar-refractivity contribution in [2.45, 2.75) is 5.51 Å². The topological polar surface area (TPSA) is 88.2 Å². The molecule has 0 unspecified atom stereocenters. The molecular formula is C6H7F3N4S. The van der Waals surface area contributed by atoms with Crippen molar-refractivity contribution < 1.29 is 13.2 Å². The number of alkyl halides is 3. The van der Waals surface area contributed by atoms with Crippen LogP contribution in [0.15, 0.2) is 15.6 Å². The maximum absolute atomic E-state index is 12.0. The summed E-state index contributed by atoms with van der Waals surface area (Å²) in [5, 5.41) is 8.32. The quantitative estimate of drug-likeness (QED) is 0.414. The van der Waals surface area contributed by atoms with E-state index in [1.165, 1.54) is 13.1 Å². The summed E-state index contributed by atoms with van der Waals surface area (Å²) < 4.78 is 35.9. The van der Waals surface area contributed by atoms with E-state index < -0.39 is 33.7 Å². The van der Waals surface area contributed by atoms with Crippen molar-refractivity contribution in [2.75, 3.05) is 7.05 Å². The first-order chi connectivity index (χ1) is 6.31. The van der Waals surface area contributed by atoms with Gasteiger partial charge in [0.25, 0.3) is 0 Å². The van der Waals surface area contributed by atoms with E-state index in [0.29, 0.717) is 0 Å². The van der Waals surface area contributed by atoms with Crippen molar-refractivity contribution in [1.29, 1.82) is 5.26 Å². The van der Waals surface area contributed by atoms with Gasteiger partial charge in [0, 0.05) is 7.05 Å². The summed E-state index contributed by atoms with van der Waals surface area (Å²) >= 11 is -0.556. The molecule has 0 saturated heterocycles. The van der Waals surface area contributed by atoms with Gasteiger partial charge in [-0.3, -0.25) is 4.99 Å². The highest BCUT2D eigenvalue weighted by molar-refractivity contribution is 8.04. The number of nitrogens with zero attached hydrogens (tertiary/aromatic N) is 2. The molecule has 14 heavy (non-hydrogen) atoms. The molecule has 0 aliphatic heterocycles. The van der Waals surface area contributed by atoms with E-state index in [2.05, 4.69) is 4.99 Å². The molecule has 0 radical (unpaired) electrons. The van der Waals surface area contributed by atoms with Gasteiger partial charge in [-0.15, -0.1) is 0 Å². The zero-order valence-electron chi connectivity index (χ0n) is 7.09. The van der Waals surface area contributed by atoms with E-state index in [1.807, 2.05) is 0 Å². The minimum Gasteiger partial charge on any atom is -0.389 e. The van der Waals surface area contributed by atoms with E-state index in [1.54, 1.807) is 0 Å². The summed E-state index contributed by atoms with van der Waals surface area (Å²) in [7, 11) is 1.21. The molecule has 0 aliphatic rings. The molecule has 4 nitrogen and oxygen atoms in total. The van der Waals surface area contributed by atoms with Crippen LogP contribution in [0.25, 0.3) is 0 Å². The van der Waals surface area contributed by atoms with E-state index in [9.17, 15) is 13.2 Å². The summed E-state index contributed by atoms with van der Waals surface area (Å²) in [5.41, 5.74) is 5.03. The molecule has 0 aromatic heterocycles. The lowest BCUT2D eigenvalue weighted by molar-refractivity contribution is -0.0321. The van der Waals surface area contributed by atoms with Crippen LogP contribution >= 0.6 is 11.8 Å². The molecule has 0 aliphatic carbocycles. The van der Waals surface area contributed by atoms with Crippen molar-refractivity contribution in [3.05, 3.63) is 10.6 Å². The third-order valence-electron chi connectivity index (χ3n) is 1.06. The third-order valence-corrected chi connectivity index (χ3v) is 1.92. The number of thioether (sulfide) groups is 1. The Labute approximate surface area is 82.5 Å². The Kier molecular flexibility index (Phi) is 4.30. The Balaban J connectivity index is 5.08. The molecule has 8 heteroatoms. The van der Waals surface area contributed by atoms with E-state index >= 15 is 0 Å². The molecule has 0 amide bonds. The van der Waals surface area contributed by atoms with Gasteiger partial charge in [0.05, 0.1) is 4.91 Å². The second-order valence-electron chi connectivity index (χ2n) is 2.01. The van der Waals surface area contributed by atoms with E-state index in [-0.39, 0.29) is 0 Å². The van der Waals surface area contributed by atoms with Crippen LogP contribution in [0.4, 0.5) is 13.2 Å². The maximum atomic E-state index is 12.0. The SMILES string of the molecule is CN=C(N)C(SC(F)(F)F)=C(N)C#N. The van der Waals surface area contributed by atoms with Crippen LogP contribution in [0.2, 0.25) is 0 Å². The highest BCUT2D eigenvalue weighted by Gasteiger charge is 2.32. The summed E-state index contributed by atoms with van der Waals surface area (Å²) in [6.45, 7) is 0. The number of nitrogens with two attached hydrogens (primary N) is 2. The number of halogens is 3. The molecule has 0 aromatic carbocycles. The Morgan fingerprint density at radius 1 is 1.43 bits per heavy atom. The van der Waals surface area contributed by atoms with Gasteiger partial charge in [-0.1, -0.05) is 0 Å². The Bertz CT molecular complexity index is 312. The fraction of sp³-hybridized carbons (Fsp3) is 0.333. The lowest BCUT2D eigenvalue weighted by Gasteiger charge is -2.09. The smallest absolute Gasteiger partial charge is 0.389 e. The van der Waals surface area contributed by atoms with Crippen LogP contribution in [0.3, 0.4) is 0 Å². The predicted octanol–water partition coefficient (Wildman–Crippen LogP) is 0.920. The van der Waals surface area contributed by atoms with Crippen molar-refractivity contribution in [1.82, 2.24) is 0 Å². The number of hydrogen-bond donors (Lipinski definition) is 2. The van der Waals surface area contributed by atoms with Gasteiger partial charge in [-0.05, 0) is 11.8 Å². The summed E-state index contributed by atoms with van der Waals surface area (Å²) in [6.07, 6.45) is 0. The molecule has 0 fully saturated rings. The zero-order chi connectivity index (χ0) is 11.4. The normalized spacial score (nSPS) is 14.6. The molecule has 0 heterocycles. The molecular weight excluding hydrogens is 217 g/mol. The largest absolute Gasteiger partial charge is 0.446 e. The van der Waals surface area contributed by atoms with Crippen molar-refractivity contribution in [3.63, 3.8) is 0 Å². The Morgan fingerprint density at radius 3 is 2.21 bits per heavy atom. The number of amidine groups is 1. The first kappa shape index (κ1) is 12.6. The van der Waals surface area contributed by atoms with Gasteiger partial charge < -0.3 is 11.5 Å². The van der Waals surface area contributed by atoms with Crippen LogP contribution < -0.4 is 11.5 Å². The molecule has 0 spiro atoms. The molecule has 78 valence electrons. The van der Waals surface area contributed by atoms with Crippen LogP contribution in [0, 0.1) is 11.3 Å². The highest BCUT2D eigenvalue weighted by atomic mass is 32.2. The Hall–Kier alpha value is -1.36. The van der Waals surface area contributed by atoms with Gasteiger partial charge >= 0.3 is 5.51 Å². The monoisotopic (exact) mass is 224 g/mol. The molecule has 0 aromatic rings. The minimum atomic E-state index is -4.55. The standard InChI is InChI=1S/C6H7F3N4S/c1-13-5(12)4(3(11)2-10)14-6(7,8)9/h11H2,1H3,(H2,12,13). The molecule has 4 N–H and O–H groups in total. The van der Waals surface area contributed by atoms with Gasteiger partial charge in [0.1, 0.15) is 17.6 Å². The summed E-state index contributed by atoms with van der Waals surface area (Å²) in [6, 6.07) is 1.38. The summed E-state index contributed by atoms with van der Waals surface area (Å²) in [5.74, 6) is -0.411. The van der Waals surface area contributed by atoms with E-state index in [4.69, 9.17) is 16.7 Å². The summed E-state index contributed by atoms with van der Waals surface area (Å²) in [4.78, 5) is 2.76.